The highest BCUT2D eigenvalue weighted by Crippen LogP contribution is 2.26. The molecular formula is C21H28N6. The zero-order chi connectivity index (χ0) is 19.1. The molecule has 6 nitrogen and oxygen atoms in total. The molecule has 3 aromatic heterocycles. The highest BCUT2D eigenvalue weighted by molar-refractivity contribution is 5.58. The highest BCUT2D eigenvalue weighted by Gasteiger charge is 2.13. The number of imidazole rings is 1. The molecule has 3 heterocycles. The third-order valence-corrected chi connectivity index (χ3v) is 5.00. The van der Waals surface area contributed by atoms with Crippen LogP contribution in [-0.2, 0) is 13.5 Å². The van der Waals surface area contributed by atoms with Crippen LogP contribution in [-0.4, -0.2) is 19.5 Å². The Hall–Kier alpha value is -2.89. The van der Waals surface area contributed by atoms with E-state index in [0.717, 1.165) is 17.2 Å². The lowest BCUT2D eigenvalue weighted by Gasteiger charge is -2.21. The fourth-order valence-corrected chi connectivity index (χ4v) is 3.47. The van der Waals surface area contributed by atoms with E-state index in [1.807, 2.05) is 29.9 Å². The molecule has 0 radical (unpaired) electrons. The molecule has 1 aliphatic rings. The van der Waals surface area contributed by atoms with Gasteiger partial charge in [0.1, 0.15) is 11.6 Å². The minimum atomic E-state index is 0.533. The lowest BCUT2D eigenvalue weighted by atomic mass is 9.85. The summed E-state index contributed by atoms with van der Waals surface area (Å²) in [6, 6.07) is 7.72. The summed E-state index contributed by atoms with van der Waals surface area (Å²) in [5, 5.41) is 0. The average molecular weight is 364 g/mol. The molecule has 6 heteroatoms. The maximum atomic E-state index is 5.55. The number of nitrogens with two attached hydrogens (primary N) is 2. The summed E-state index contributed by atoms with van der Waals surface area (Å²) in [4.78, 5) is 12.2. The molecule has 1 fully saturated rings. The van der Waals surface area contributed by atoms with Gasteiger partial charge in [0.05, 0.1) is 18.2 Å². The summed E-state index contributed by atoms with van der Waals surface area (Å²) in [5.41, 5.74) is 14.4. The Balaban J connectivity index is 0.000000156. The van der Waals surface area contributed by atoms with Crippen molar-refractivity contribution in [3.63, 3.8) is 0 Å². The predicted molar refractivity (Wildman–Crippen MR) is 110 cm³/mol. The van der Waals surface area contributed by atoms with Gasteiger partial charge >= 0.3 is 0 Å². The van der Waals surface area contributed by atoms with Crippen molar-refractivity contribution in [3.8, 4) is 11.3 Å². The van der Waals surface area contributed by atoms with Gasteiger partial charge in [-0.1, -0.05) is 38.2 Å². The van der Waals surface area contributed by atoms with E-state index in [0.29, 0.717) is 11.6 Å². The quantitative estimate of drug-likeness (QED) is 0.736. The van der Waals surface area contributed by atoms with Gasteiger partial charge < -0.3 is 16.0 Å². The first-order valence-corrected chi connectivity index (χ1v) is 9.50. The zero-order valence-electron chi connectivity index (χ0n) is 15.9. The fourth-order valence-electron chi connectivity index (χ4n) is 3.47. The first-order chi connectivity index (χ1) is 13.1. The number of aryl methyl sites for hydroxylation is 1. The zero-order valence-corrected chi connectivity index (χ0v) is 15.9. The van der Waals surface area contributed by atoms with Crippen LogP contribution in [0.2, 0.25) is 0 Å². The van der Waals surface area contributed by atoms with Crippen LogP contribution < -0.4 is 11.5 Å². The molecule has 0 atom stereocenters. The third-order valence-electron chi connectivity index (χ3n) is 5.00. The number of anilines is 2. The number of nitrogens with zero attached hydrogens (tertiary/aromatic N) is 4. The van der Waals surface area contributed by atoms with Crippen molar-refractivity contribution < 1.29 is 0 Å². The molecule has 27 heavy (non-hydrogen) atoms. The standard InChI is InChI=1S/C12H18N2.C9H10N4/c13-12-7-6-11(9-14-12)8-10-4-2-1-3-5-10;1-13-6-11-5-8(13)7-2-3-9(10)12-4-7/h6-7,9-10H,1-5,8H2,(H2,13,14);2-6H,1H3,(H2,10,12). The van der Waals surface area contributed by atoms with Crippen molar-refractivity contribution in [3.05, 3.63) is 54.7 Å². The molecule has 0 unspecified atom stereocenters. The summed E-state index contributed by atoms with van der Waals surface area (Å²) in [6.07, 6.45) is 15.4. The maximum Gasteiger partial charge on any atom is 0.123 e. The third kappa shape index (κ3) is 5.54. The topological polar surface area (TPSA) is 95.6 Å². The van der Waals surface area contributed by atoms with Crippen LogP contribution in [0.4, 0.5) is 11.6 Å². The number of hydrogen-bond acceptors (Lipinski definition) is 5. The minimum absolute atomic E-state index is 0.533. The Morgan fingerprint density at radius 3 is 2.19 bits per heavy atom. The van der Waals surface area contributed by atoms with Crippen molar-refractivity contribution in [1.82, 2.24) is 19.5 Å². The van der Waals surface area contributed by atoms with E-state index in [4.69, 9.17) is 11.5 Å². The van der Waals surface area contributed by atoms with Crippen molar-refractivity contribution >= 4 is 11.6 Å². The number of hydrogen-bond donors (Lipinski definition) is 2. The van der Waals surface area contributed by atoms with Gasteiger partial charge in [0, 0.05) is 25.0 Å². The van der Waals surface area contributed by atoms with Crippen LogP contribution in [0.1, 0.15) is 37.7 Å². The van der Waals surface area contributed by atoms with Gasteiger partial charge in [0.25, 0.3) is 0 Å². The molecule has 0 amide bonds. The fraction of sp³-hybridized carbons (Fsp3) is 0.381. The molecular weight excluding hydrogens is 336 g/mol. The molecule has 1 saturated carbocycles. The van der Waals surface area contributed by atoms with Crippen molar-refractivity contribution in [1.29, 1.82) is 0 Å². The van der Waals surface area contributed by atoms with E-state index >= 15 is 0 Å². The van der Waals surface area contributed by atoms with E-state index in [2.05, 4.69) is 21.0 Å². The number of nitrogen functional groups attached to an aromatic ring is 2. The van der Waals surface area contributed by atoms with Crippen LogP contribution in [0.15, 0.2) is 49.2 Å². The Morgan fingerprint density at radius 1 is 0.926 bits per heavy atom. The van der Waals surface area contributed by atoms with Gasteiger partial charge in [0.2, 0.25) is 0 Å². The Kier molecular flexibility index (Phi) is 6.41. The second-order valence-electron chi connectivity index (χ2n) is 7.16. The molecule has 4 rings (SSSR count). The van der Waals surface area contributed by atoms with Crippen molar-refractivity contribution in [2.75, 3.05) is 11.5 Å². The van der Waals surface area contributed by atoms with Crippen LogP contribution in [0, 0.1) is 5.92 Å². The van der Waals surface area contributed by atoms with E-state index in [9.17, 15) is 0 Å². The molecule has 142 valence electrons. The lowest BCUT2D eigenvalue weighted by Crippen LogP contribution is -2.09. The monoisotopic (exact) mass is 364 g/mol. The van der Waals surface area contributed by atoms with Crippen LogP contribution in [0.25, 0.3) is 11.3 Å². The summed E-state index contributed by atoms with van der Waals surface area (Å²) < 4.78 is 1.94. The normalized spacial score (nSPS) is 14.4. The summed E-state index contributed by atoms with van der Waals surface area (Å²) >= 11 is 0. The minimum Gasteiger partial charge on any atom is -0.384 e. The second-order valence-corrected chi connectivity index (χ2v) is 7.16. The van der Waals surface area contributed by atoms with E-state index in [-0.39, 0.29) is 0 Å². The van der Waals surface area contributed by atoms with Crippen LogP contribution in [0.5, 0.6) is 0 Å². The molecule has 0 aliphatic heterocycles. The predicted octanol–water partition coefficient (Wildman–Crippen LogP) is 3.85. The molecule has 4 N–H and O–H groups in total. The smallest absolute Gasteiger partial charge is 0.123 e. The first kappa shape index (κ1) is 18.9. The first-order valence-electron chi connectivity index (χ1n) is 9.50. The summed E-state index contributed by atoms with van der Waals surface area (Å²) in [6.45, 7) is 0. The lowest BCUT2D eigenvalue weighted by molar-refractivity contribution is 0.356. The second kappa shape index (κ2) is 9.16. The number of pyridine rings is 2. The molecule has 1 aliphatic carbocycles. The maximum absolute atomic E-state index is 5.55. The van der Waals surface area contributed by atoms with E-state index < -0.39 is 0 Å². The van der Waals surface area contributed by atoms with Gasteiger partial charge in [-0.3, -0.25) is 0 Å². The Morgan fingerprint density at radius 2 is 1.63 bits per heavy atom. The van der Waals surface area contributed by atoms with E-state index in [1.54, 1.807) is 24.8 Å². The average Bonchev–Trinajstić information content (AvgIpc) is 3.12. The van der Waals surface area contributed by atoms with Gasteiger partial charge in [0.15, 0.2) is 0 Å². The Bertz CT molecular complexity index is 817. The molecule has 0 spiro atoms. The van der Waals surface area contributed by atoms with Gasteiger partial charge in [-0.2, -0.15) is 0 Å². The van der Waals surface area contributed by atoms with Crippen molar-refractivity contribution in [2.45, 2.75) is 38.5 Å². The molecule has 0 bridgehead atoms. The Labute approximate surface area is 160 Å². The van der Waals surface area contributed by atoms with Gasteiger partial charge in [-0.15, -0.1) is 0 Å². The number of rotatable bonds is 3. The van der Waals surface area contributed by atoms with Crippen LogP contribution in [0.3, 0.4) is 0 Å². The van der Waals surface area contributed by atoms with Gasteiger partial charge in [-0.05, 0) is 36.1 Å². The highest BCUT2D eigenvalue weighted by atomic mass is 15.0. The largest absolute Gasteiger partial charge is 0.384 e. The SMILES string of the molecule is Cn1cncc1-c1ccc(N)nc1.Nc1ccc(CC2CCCCC2)cn1. The molecule has 0 saturated heterocycles. The molecule has 3 aromatic rings. The number of aromatic nitrogens is 4. The summed E-state index contributed by atoms with van der Waals surface area (Å²) in [7, 11) is 1.94. The van der Waals surface area contributed by atoms with E-state index in [1.165, 1.54) is 44.1 Å². The van der Waals surface area contributed by atoms with Crippen molar-refractivity contribution in [2.24, 2.45) is 13.0 Å². The van der Waals surface area contributed by atoms with Crippen LogP contribution >= 0.6 is 0 Å². The molecule has 0 aromatic carbocycles. The van der Waals surface area contributed by atoms with Gasteiger partial charge in [-0.25, -0.2) is 15.0 Å². The summed E-state index contributed by atoms with van der Waals surface area (Å²) in [5.74, 6) is 2.04.